The first-order chi connectivity index (χ1) is 14.2. The Morgan fingerprint density at radius 2 is 2.03 bits per heavy atom. The normalized spacial score (nSPS) is 15.5. The van der Waals surface area contributed by atoms with Crippen LogP contribution in [0.3, 0.4) is 0 Å². The molecule has 166 valence electrons. The van der Waals surface area contributed by atoms with Gasteiger partial charge in [-0.15, -0.1) is 24.0 Å². The second-order valence-corrected chi connectivity index (χ2v) is 7.25. The van der Waals surface area contributed by atoms with Crippen LogP contribution in [0.25, 0.3) is 0 Å². The molecule has 1 aliphatic heterocycles. The molecule has 2 heterocycles. The van der Waals surface area contributed by atoms with Crippen LogP contribution in [-0.2, 0) is 13.0 Å². The zero-order valence-electron chi connectivity index (χ0n) is 18.2. The standard InChI is InChI=1S/C22H33N5O2.HI/c1-4-18-14-20(29-26-18)15-24-22(23-5-2)25-16-21(27-11-6-7-12-27)17-9-8-10-19(13-17)28-3;/h8-10,13-14,21H,4-7,11-12,15-16H2,1-3H3,(H2,23,24,25);1H. The third-order valence-electron chi connectivity index (χ3n) is 5.23. The molecule has 7 nitrogen and oxygen atoms in total. The zero-order valence-corrected chi connectivity index (χ0v) is 20.5. The van der Waals surface area contributed by atoms with Crippen LogP contribution < -0.4 is 15.4 Å². The number of guanidine groups is 1. The Morgan fingerprint density at radius 3 is 2.70 bits per heavy atom. The van der Waals surface area contributed by atoms with Crippen LogP contribution in [0.5, 0.6) is 5.75 Å². The van der Waals surface area contributed by atoms with Crippen molar-refractivity contribution < 1.29 is 9.26 Å². The van der Waals surface area contributed by atoms with E-state index in [1.807, 2.05) is 12.1 Å². The number of aliphatic imine (C=N–C) groups is 1. The van der Waals surface area contributed by atoms with Gasteiger partial charge in [0.2, 0.25) is 0 Å². The smallest absolute Gasteiger partial charge is 0.191 e. The number of aryl methyl sites for hydroxylation is 1. The number of rotatable bonds is 9. The molecule has 3 rings (SSSR count). The van der Waals surface area contributed by atoms with Gasteiger partial charge in [0.25, 0.3) is 0 Å². The monoisotopic (exact) mass is 527 g/mol. The van der Waals surface area contributed by atoms with Crippen molar-refractivity contribution in [3.63, 3.8) is 0 Å². The van der Waals surface area contributed by atoms with E-state index >= 15 is 0 Å². The van der Waals surface area contributed by atoms with E-state index in [9.17, 15) is 0 Å². The number of ether oxygens (including phenoxy) is 1. The summed E-state index contributed by atoms with van der Waals surface area (Å²) >= 11 is 0. The van der Waals surface area contributed by atoms with Gasteiger partial charge in [0, 0.05) is 19.2 Å². The first kappa shape index (κ1) is 24.5. The van der Waals surface area contributed by atoms with Gasteiger partial charge in [0.05, 0.1) is 18.8 Å². The highest BCUT2D eigenvalue weighted by Gasteiger charge is 2.24. The lowest BCUT2D eigenvalue weighted by atomic mass is 10.1. The topological polar surface area (TPSA) is 74.9 Å². The number of benzene rings is 1. The Hall–Kier alpha value is -1.81. The molecular weight excluding hydrogens is 493 g/mol. The molecule has 2 N–H and O–H groups in total. The van der Waals surface area contributed by atoms with Crippen LogP contribution in [0.2, 0.25) is 0 Å². The highest BCUT2D eigenvalue weighted by molar-refractivity contribution is 14.0. The number of nitrogens with zero attached hydrogens (tertiary/aromatic N) is 3. The van der Waals surface area contributed by atoms with E-state index in [-0.39, 0.29) is 30.0 Å². The lowest BCUT2D eigenvalue weighted by molar-refractivity contribution is 0.245. The summed E-state index contributed by atoms with van der Waals surface area (Å²) in [6.07, 6.45) is 3.36. The summed E-state index contributed by atoms with van der Waals surface area (Å²) in [5.74, 6) is 2.46. The second-order valence-electron chi connectivity index (χ2n) is 7.25. The van der Waals surface area contributed by atoms with Crippen LogP contribution in [-0.4, -0.2) is 49.3 Å². The van der Waals surface area contributed by atoms with Crippen molar-refractivity contribution in [3.8, 4) is 5.75 Å². The predicted molar refractivity (Wildman–Crippen MR) is 131 cm³/mol. The molecule has 0 bridgehead atoms. The van der Waals surface area contributed by atoms with E-state index in [4.69, 9.17) is 9.26 Å². The average Bonchev–Trinajstić information content (AvgIpc) is 3.44. The van der Waals surface area contributed by atoms with Gasteiger partial charge in [-0.1, -0.05) is 24.2 Å². The molecule has 1 aromatic heterocycles. The largest absolute Gasteiger partial charge is 0.497 e. The quantitative estimate of drug-likeness (QED) is 0.294. The lowest BCUT2D eigenvalue weighted by Gasteiger charge is -2.29. The minimum Gasteiger partial charge on any atom is -0.497 e. The summed E-state index contributed by atoms with van der Waals surface area (Å²) in [6.45, 7) is 8.42. The first-order valence-electron chi connectivity index (χ1n) is 10.6. The van der Waals surface area contributed by atoms with E-state index in [0.717, 1.165) is 55.8 Å². The van der Waals surface area contributed by atoms with Gasteiger partial charge < -0.3 is 19.9 Å². The van der Waals surface area contributed by atoms with Gasteiger partial charge >= 0.3 is 0 Å². The number of halogens is 1. The van der Waals surface area contributed by atoms with Crippen LogP contribution in [0.4, 0.5) is 0 Å². The Morgan fingerprint density at radius 1 is 1.23 bits per heavy atom. The fourth-order valence-electron chi connectivity index (χ4n) is 3.65. The molecule has 1 aliphatic rings. The van der Waals surface area contributed by atoms with Crippen molar-refractivity contribution in [1.29, 1.82) is 0 Å². The van der Waals surface area contributed by atoms with Crippen molar-refractivity contribution in [1.82, 2.24) is 20.7 Å². The van der Waals surface area contributed by atoms with Gasteiger partial charge in [0.1, 0.15) is 12.3 Å². The average molecular weight is 527 g/mol. The van der Waals surface area contributed by atoms with E-state index in [1.165, 1.54) is 18.4 Å². The van der Waals surface area contributed by atoms with Gasteiger partial charge in [0.15, 0.2) is 11.7 Å². The SMILES string of the molecule is CCNC(=NCc1cc(CC)no1)NCC(c1cccc(OC)c1)N1CCCC1.I. The summed E-state index contributed by atoms with van der Waals surface area (Å²) in [4.78, 5) is 7.21. The molecule has 2 aromatic rings. The minimum absolute atomic E-state index is 0. The van der Waals surface area contributed by atoms with Crippen molar-refractivity contribution in [2.45, 2.75) is 45.7 Å². The predicted octanol–water partition coefficient (Wildman–Crippen LogP) is 3.76. The maximum absolute atomic E-state index is 5.44. The van der Waals surface area contributed by atoms with E-state index in [0.29, 0.717) is 6.54 Å². The number of nitrogens with one attached hydrogen (secondary N) is 2. The highest BCUT2D eigenvalue weighted by Crippen LogP contribution is 2.27. The Labute approximate surface area is 196 Å². The fraction of sp³-hybridized carbons (Fsp3) is 0.545. The van der Waals surface area contributed by atoms with Crippen LogP contribution in [0.15, 0.2) is 39.8 Å². The third-order valence-corrected chi connectivity index (χ3v) is 5.23. The first-order valence-corrected chi connectivity index (χ1v) is 10.6. The second kappa shape index (κ2) is 12.8. The molecule has 0 radical (unpaired) electrons. The molecule has 0 spiro atoms. The van der Waals surface area contributed by atoms with Gasteiger partial charge in [-0.25, -0.2) is 4.99 Å². The molecule has 1 fully saturated rings. The Balaban J connectivity index is 0.00000320. The van der Waals surface area contributed by atoms with Gasteiger partial charge in [-0.3, -0.25) is 4.90 Å². The highest BCUT2D eigenvalue weighted by atomic mass is 127. The fourth-order valence-corrected chi connectivity index (χ4v) is 3.65. The molecule has 1 atom stereocenters. The van der Waals surface area contributed by atoms with Crippen LogP contribution in [0.1, 0.15) is 49.7 Å². The molecule has 0 amide bonds. The van der Waals surface area contributed by atoms with Crippen molar-refractivity contribution in [2.75, 3.05) is 33.3 Å². The maximum atomic E-state index is 5.44. The third kappa shape index (κ3) is 6.87. The molecular formula is C22H34IN5O2. The van der Waals surface area contributed by atoms with Crippen molar-refractivity contribution >= 4 is 29.9 Å². The summed E-state index contributed by atoms with van der Waals surface area (Å²) in [5.41, 5.74) is 2.22. The summed E-state index contributed by atoms with van der Waals surface area (Å²) in [7, 11) is 1.71. The lowest BCUT2D eigenvalue weighted by Crippen LogP contribution is -2.42. The van der Waals surface area contributed by atoms with E-state index in [1.54, 1.807) is 7.11 Å². The Kier molecular flexibility index (Phi) is 10.4. The van der Waals surface area contributed by atoms with Crippen LogP contribution in [0, 0.1) is 0 Å². The number of hydrogen-bond acceptors (Lipinski definition) is 5. The molecule has 0 aliphatic carbocycles. The number of likely N-dealkylation sites (tertiary alicyclic amines) is 1. The molecule has 1 saturated heterocycles. The van der Waals surface area contributed by atoms with E-state index in [2.05, 4.69) is 57.7 Å². The number of aromatic nitrogens is 1. The zero-order chi connectivity index (χ0) is 20.5. The molecule has 30 heavy (non-hydrogen) atoms. The maximum Gasteiger partial charge on any atom is 0.191 e. The summed E-state index contributed by atoms with van der Waals surface area (Å²) < 4.78 is 10.8. The molecule has 8 heteroatoms. The number of hydrogen-bond donors (Lipinski definition) is 2. The van der Waals surface area contributed by atoms with Crippen molar-refractivity contribution in [3.05, 3.63) is 47.3 Å². The summed E-state index contributed by atoms with van der Waals surface area (Å²) in [6, 6.07) is 10.6. The van der Waals surface area contributed by atoms with Gasteiger partial charge in [-0.05, 0) is 57.0 Å². The molecule has 1 aromatic carbocycles. The van der Waals surface area contributed by atoms with Gasteiger partial charge in [-0.2, -0.15) is 0 Å². The molecule has 0 saturated carbocycles. The number of methoxy groups -OCH3 is 1. The van der Waals surface area contributed by atoms with Crippen molar-refractivity contribution in [2.24, 2.45) is 4.99 Å². The van der Waals surface area contributed by atoms with E-state index < -0.39 is 0 Å². The summed E-state index contributed by atoms with van der Waals surface area (Å²) in [5, 5.41) is 10.9. The molecule has 1 unspecified atom stereocenters. The van der Waals surface area contributed by atoms with Crippen LogP contribution >= 0.6 is 24.0 Å². The minimum atomic E-state index is 0. The Bertz CT molecular complexity index is 789.